The van der Waals surface area contributed by atoms with E-state index < -0.39 is 5.25 Å². The summed E-state index contributed by atoms with van der Waals surface area (Å²) in [6.45, 7) is 0. The normalized spacial score (nSPS) is 14.5. The Kier molecular flexibility index (Phi) is 5.62. The van der Waals surface area contributed by atoms with Crippen LogP contribution in [0, 0.1) is 0 Å². The Balaban J connectivity index is 1.46. The fraction of sp³-hybridized carbons (Fsp3) is 0.286. The number of hydrogen-bond donors (Lipinski definition) is 1. The number of ether oxygens (including phenoxy) is 1. The van der Waals surface area contributed by atoms with Gasteiger partial charge in [0.05, 0.1) is 13.5 Å². The summed E-state index contributed by atoms with van der Waals surface area (Å²) in [5, 5.41) is 11.3. The van der Waals surface area contributed by atoms with E-state index in [4.69, 9.17) is 9.15 Å². The van der Waals surface area contributed by atoms with E-state index in [9.17, 15) is 4.79 Å². The molecule has 2 aromatic carbocycles. The van der Waals surface area contributed by atoms with Gasteiger partial charge in [0.25, 0.3) is 5.22 Å². The zero-order valence-corrected chi connectivity index (χ0v) is 16.3. The van der Waals surface area contributed by atoms with Crippen molar-refractivity contribution in [2.45, 2.75) is 35.8 Å². The molecule has 0 radical (unpaired) electrons. The molecule has 1 N–H and O–H groups in total. The van der Waals surface area contributed by atoms with Crippen molar-refractivity contribution >= 4 is 17.7 Å². The van der Waals surface area contributed by atoms with Crippen LogP contribution < -0.4 is 10.1 Å². The summed E-state index contributed by atoms with van der Waals surface area (Å²) in [6, 6.07) is 17.7. The smallest absolute Gasteiger partial charge is 0.277 e. The fourth-order valence-corrected chi connectivity index (χ4v) is 3.68. The van der Waals surface area contributed by atoms with E-state index in [1.54, 1.807) is 7.11 Å². The second-order valence-electron chi connectivity index (χ2n) is 6.68. The van der Waals surface area contributed by atoms with Gasteiger partial charge in [0.2, 0.25) is 11.8 Å². The van der Waals surface area contributed by atoms with Crippen LogP contribution >= 0.6 is 11.8 Å². The molecule has 144 valence electrons. The van der Waals surface area contributed by atoms with Crippen molar-refractivity contribution in [2.75, 3.05) is 7.11 Å². The lowest BCUT2D eigenvalue weighted by molar-refractivity contribution is -0.120. The number of carbonyl (C=O) groups excluding carboxylic acids is 1. The third-order valence-corrected chi connectivity index (χ3v) is 5.53. The van der Waals surface area contributed by atoms with Gasteiger partial charge in [-0.25, -0.2) is 0 Å². The predicted octanol–water partition coefficient (Wildman–Crippen LogP) is 3.78. The highest BCUT2D eigenvalue weighted by Crippen LogP contribution is 2.35. The molecule has 1 atom stereocenters. The molecule has 1 amide bonds. The van der Waals surface area contributed by atoms with Gasteiger partial charge in [0, 0.05) is 6.04 Å². The zero-order chi connectivity index (χ0) is 19.3. The van der Waals surface area contributed by atoms with Gasteiger partial charge in [-0.3, -0.25) is 4.79 Å². The largest absolute Gasteiger partial charge is 0.497 e. The summed E-state index contributed by atoms with van der Waals surface area (Å²) in [6.07, 6.45) is 2.62. The molecule has 1 saturated carbocycles. The van der Waals surface area contributed by atoms with Crippen LogP contribution in [0.3, 0.4) is 0 Å². The van der Waals surface area contributed by atoms with Crippen molar-refractivity contribution in [2.24, 2.45) is 0 Å². The van der Waals surface area contributed by atoms with Gasteiger partial charge in [-0.1, -0.05) is 42.5 Å². The monoisotopic (exact) mass is 395 g/mol. The quantitative estimate of drug-likeness (QED) is 0.585. The minimum Gasteiger partial charge on any atom is -0.497 e. The molecule has 1 fully saturated rings. The molecule has 1 heterocycles. The first-order chi connectivity index (χ1) is 13.7. The molecule has 6 nitrogen and oxygen atoms in total. The van der Waals surface area contributed by atoms with Crippen LogP contribution in [-0.2, 0) is 11.2 Å². The van der Waals surface area contributed by atoms with E-state index in [0.29, 0.717) is 23.6 Å². The van der Waals surface area contributed by atoms with Gasteiger partial charge in [-0.15, -0.1) is 10.2 Å². The Morgan fingerprint density at radius 1 is 1.18 bits per heavy atom. The average Bonchev–Trinajstić information content (AvgIpc) is 3.44. The first-order valence-electron chi connectivity index (χ1n) is 9.18. The Hall–Kier alpha value is -2.80. The highest BCUT2D eigenvalue weighted by molar-refractivity contribution is 8.00. The number of amides is 1. The van der Waals surface area contributed by atoms with Gasteiger partial charge in [-0.05, 0) is 47.9 Å². The number of carbonyl (C=O) groups is 1. The SMILES string of the molecule is COc1ccc(Cc2nnc(S[C@@H](C(=O)NC3CC3)c3ccccc3)o2)cc1. The van der Waals surface area contributed by atoms with Crippen molar-refractivity contribution < 1.29 is 13.9 Å². The average molecular weight is 395 g/mol. The maximum absolute atomic E-state index is 12.7. The maximum atomic E-state index is 12.7. The van der Waals surface area contributed by atoms with E-state index in [1.165, 1.54) is 11.8 Å². The highest BCUT2D eigenvalue weighted by Gasteiger charge is 2.30. The Morgan fingerprint density at radius 3 is 2.61 bits per heavy atom. The van der Waals surface area contributed by atoms with E-state index >= 15 is 0 Å². The van der Waals surface area contributed by atoms with Crippen LogP contribution in [0.4, 0.5) is 0 Å². The number of rotatable bonds is 8. The first kappa shape index (κ1) is 18.6. The molecule has 0 spiro atoms. The number of hydrogen-bond acceptors (Lipinski definition) is 6. The summed E-state index contributed by atoms with van der Waals surface area (Å²) in [5.41, 5.74) is 1.97. The summed E-state index contributed by atoms with van der Waals surface area (Å²) in [7, 11) is 1.64. The van der Waals surface area contributed by atoms with Gasteiger partial charge in [0.1, 0.15) is 11.0 Å². The van der Waals surface area contributed by atoms with Crippen LogP contribution in [0.2, 0.25) is 0 Å². The molecule has 1 aliphatic rings. The molecular formula is C21H21N3O3S. The van der Waals surface area contributed by atoms with E-state index in [-0.39, 0.29) is 5.91 Å². The summed E-state index contributed by atoms with van der Waals surface area (Å²) in [4.78, 5) is 12.7. The minimum atomic E-state index is -0.420. The van der Waals surface area contributed by atoms with Gasteiger partial charge < -0.3 is 14.5 Å². The van der Waals surface area contributed by atoms with Crippen LogP contribution in [0.15, 0.2) is 64.2 Å². The van der Waals surface area contributed by atoms with Crippen molar-refractivity contribution in [1.82, 2.24) is 15.5 Å². The number of thioether (sulfide) groups is 1. The van der Waals surface area contributed by atoms with E-state index in [1.807, 2.05) is 54.6 Å². The number of benzene rings is 2. The lowest BCUT2D eigenvalue weighted by Gasteiger charge is -2.14. The standard InChI is InChI=1S/C21H21N3O3S/c1-26-17-11-7-14(8-12-17)13-18-23-24-21(27-18)28-19(15-5-3-2-4-6-15)20(25)22-16-9-10-16/h2-8,11-12,16,19H,9-10,13H2,1H3,(H,22,25)/t19-/m1/s1. The molecule has 7 heteroatoms. The molecule has 0 unspecified atom stereocenters. The topological polar surface area (TPSA) is 77.2 Å². The van der Waals surface area contributed by atoms with Crippen LogP contribution in [0.25, 0.3) is 0 Å². The highest BCUT2D eigenvalue weighted by atomic mass is 32.2. The fourth-order valence-electron chi connectivity index (χ4n) is 2.78. The molecule has 4 rings (SSSR count). The Bertz CT molecular complexity index is 924. The number of nitrogens with one attached hydrogen (secondary N) is 1. The molecule has 1 aromatic heterocycles. The predicted molar refractivity (Wildman–Crippen MR) is 106 cm³/mol. The van der Waals surface area contributed by atoms with Gasteiger partial charge in [-0.2, -0.15) is 0 Å². The minimum absolute atomic E-state index is 0.0198. The summed E-state index contributed by atoms with van der Waals surface area (Å²) in [5.74, 6) is 1.30. The molecule has 0 bridgehead atoms. The zero-order valence-electron chi connectivity index (χ0n) is 15.5. The molecule has 3 aromatic rings. The van der Waals surface area contributed by atoms with Crippen LogP contribution in [0.5, 0.6) is 5.75 Å². The summed E-state index contributed by atoms with van der Waals surface area (Å²) < 4.78 is 11.0. The van der Waals surface area contributed by atoms with Gasteiger partial charge in [0.15, 0.2) is 0 Å². The maximum Gasteiger partial charge on any atom is 0.277 e. The van der Waals surface area contributed by atoms with E-state index in [0.717, 1.165) is 29.7 Å². The second kappa shape index (κ2) is 8.48. The van der Waals surface area contributed by atoms with Crippen LogP contribution in [-0.4, -0.2) is 29.3 Å². The Morgan fingerprint density at radius 2 is 1.93 bits per heavy atom. The van der Waals surface area contributed by atoms with Crippen LogP contribution in [0.1, 0.15) is 35.1 Å². The molecule has 1 aliphatic carbocycles. The number of aromatic nitrogens is 2. The Labute approximate surface area is 167 Å². The first-order valence-corrected chi connectivity index (χ1v) is 10.1. The van der Waals surface area contributed by atoms with E-state index in [2.05, 4.69) is 15.5 Å². The molecular weight excluding hydrogens is 374 g/mol. The van der Waals surface area contributed by atoms with Crippen molar-refractivity contribution in [3.63, 3.8) is 0 Å². The summed E-state index contributed by atoms with van der Waals surface area (Å²) >= 11 is 1.28. The number of methoxy groups -OCH3 is 1. The molecule has 28 heavy (non-hydrogen) atoms. The number of nitrogens with zero attached hydrogens (tertiary/aromatic N) is 2. The van der Waals surface area contributed by atoms with Crippen molar-refractivity contribution in [1.29, 1.82) is 0 Å². The van der Waals surface area contributed by atoms with Crippen molar-refractivity contribution in [3.05, 3.63) is 71.6 Å². The lowest BCUT2D eigenvalue weighted by atomic mass is 10.1. The third-order valence-electron chi connectivity index (χ3n) is 4.45. The third kappa shape index (κ3) is 4.72. The molecule has 0 aliphatic heterocycles. The van der Waals surface area contributed by atoms with Gasteiger partial charge >= 0.3 is 0 Å². The second-order valence-corrected chi connectivity index (χ2v) is 7.73. The molecule has 0 saturated heterocycles. The van der Waals surface area contributed by atoms with Crippen molar-refractivity contribution in [3.8, 4) is 5.75 Å². The lowest BCUT2D eigenvalue weighted by Crippen LogP contribution is -2.29.